The first-order chi connectivity index (χ1) is 15.5. The van der Waals surface area contributed by atoms with Crippen LogP contribution in [-0.2, 0) is 16.2 Å². The molecular weight excluding hydrogens is 444 g/mol. The number of nitrogens with one attached hydrogen (secondary N) is 1. The highest BCUT2D eigenvalue weighted by molar-refractivity contribution is 7.85. The fraction of sp³-hybridized carbons (Fsp3) is 0.500. The molecule has 1 unspecified atom stereocenters. The lowest BCUT2D eigenvalue weighted by atomic mass is 9.77. The molecule has 0 saturated heterocycles. The van der Waals surface area contributed by atoms with Gasteiger partial charge in [-0.2, -0.15) is 4.98 Å². The number of halogens is 1. The van der Waals surface area contributed by atoms with Crippen molar-refractivity contribution >= 4 is 39.7 Å². The van der Waals surface area contributed by atoms with Gasteiger partial charge in [0.05, 0.1) is 28.6 Å². The van der Waals surface area contributed by atoms with Crippen molar-refractivity contribution < 1.29 is 9.32 Å². The van der Waals surface area contributed by atoms with E-state index >= 15 is 0 Å². The van der Waals surface area contributed by atoms with Gasteiger partial charge in [-0.15, -0.1) is 0 Å². The molecule has 2 N–H and O–H groups in total. The second-order valence-corrected chi connectivity index (χ2v) is 11.5. The number of aliphatic hydroxyl groups excluding tert-OH is 1. The van der Waals surface area contributed by atoms with Gasteiger partial charge in [0.2, 0.25) is 5.95 Å². The number of aromatic nitrogens is 2. The highest BCUT2D eigenvalue weighted by Crippen LogP contribution is 2.56. The van der Waals surface area contributed by atoms with Crippen molar-refractivity contribution in [2.24, 2.45) is 0 Å². The maximum Gasteiger partial charge on any atom is 0.227 e. The molecule has 1 aromatic carbocycles. The average Bonchev–Trinajstić information content (AvgIpc) is 3.50. The van der Waals surface area contributed by atoms with Crippen LogP contribution in [0.5, 0.6) is 0 Å². The van der Waals surface area contributed by atoms with E-state index < -0.39 is 10.8 Å². The molecule has 168 valence electrons. The smallest absolute Gasteiger partial charge is 0.227 e. The fourth-order valence-electron chi connectivity index (χ4n) is 5.12. The molecule has 1 aromatic heterocycles. The molecule has 1 spiro atoms. The summed E-state index contributed by atoms with van der Waals surface area (Å²) in [6.07, 6.45) is 8.15. The molecular formula is C24H27ClN4O2S. The van der Waals surface area contributed by atoms with Gasteiger partial charge < -0.3 is 15.3 Å². The van der Waals surface area contributed by atoms with Crippen LogP contribution in [0.4, 0.5) is 11.8 Å². The molecule has 2 fully saturated rings. The molecule has 2 aliphatic carbocycles. The van der Waals surface area contributed by atoms with E-state index in [1.54, 1.807) is 0 Å². The van der Waals surface area contributed by atoms with Crippen LogP contribution in [0.1, 0.15) is 49.8 Å². The Morgan fingerprint density at radius 3 is 2.53 bits per heavy atom. The Kier molecular flexibility index (Phi) is 4.86. The molecule has 3 heterocycles. The second-order valence-electron chi connectivity index (χ2n) is 9.67. The summed E-state index contributed by atoms with van der Waals surface area (Å²) in [6, 6.07) is 7.99. The SMILES string of the molecule is O=S1CC2(CC2)c2nc(N3CC=C(c4ccc(Cl)cc4)CC3)nc(NC3(CO)CCC3)c21. The summed E-state index contributed by atoms with van der Waals surface area (Å²) in [5.74, 6) is 2.03. The fourth-order valence-corrected chi connectivity index (χ4v) is 7.11. The van der Waals surface area contributed by atoms with E-state index in [1.165, 1.54) is 11.1 Å². The minimum Gasteiger partial charge on any atom is -0.394 e. The third-order valence-corrected chi connectivity index (χ3v) is 9.46. The molecule has 2 aliphatic heterocycles. The van der Waals surface area contributed by atoms with E-state index in [0.717, 1.165) is 67.2 Å². The molecule has 32 heavy (non-hydrogen) atoms. The first-order valence-corrected chi connectivity index (χ1v) is 13.1. The van der Waals surface area contributed by atoms with Gasteiger partial charge in [-0.3, -0.25) is 4.21 Å². The van der Waals surface area contributed by atoms with E-state index in [0.29, 0.717) is 17.5 Å². The van der Waals surface area contributed by atoms with Crippen LogP contribution in [0.3, 0.4) is 0 Å². The first-order valence-electron chi connectivity index (χ1n) is 11.4. The summed E-state index contributed by atoms with van der Waals surface area (Å²) >= 11 is 6.04. The monoisotopic (exact) mass is 470 g/mol. The normalized spacial score (nSPS) is 24.6. The van der Waals surface area contributed by atoms with Gasteiger partial charge >= 0.3 is 0 Å². The largest absolute Gasteiger partial charge is 0.394 e. The lowest BCUT2D eigenvalue weighted by Crippen LogP contribution is -2.48. The number of benzene rings is 1. The van der Waals surface area contributed by atoms with Gasteiger partial charge in [-0.25, -0.2) is 4.98 Å². The van der Waals surface area contributed by atoms with Crippen LogP contribution < -0.4 is 10.2 Å². The van der Waals surface area contributed by atoms with Crippen molar-refractivity contribution in [2.45, 2.75) is 54.4 Å². The number of nitrogens with zero attached hydrogens (tertiary/aromatic N) is 3. The zero-order valence-electron chi connectivity index (χ0n) is 17.9. The Bertz CT molecular complexity index is 1120. The molecule has 0 radical (unpaired) electrons. The predicted molar refractivity (Wildman–Crippen MR) is 128 cm³/mol. The summed E-state index contributed by atoms with van der Waals surface area (Å²) in [7, 11) is -1.09. The van der Waals surface area contributed by atoms with E-state index in [9.17, 15) is 9.32 Å². The average molecular weight is 471 g/mol. The van der Waals surface area contributed by atoms with Crippen molar-refractivity contribution in [3.63, 3.8) is 0 Å². The van der Waals surface area contributed by atoms with E-state index in [4.69, 9.17) is 21.6 Å². The summed E-state index contributed by atoms with van der Waals surface area (Å²) in [5.41, 5.74) is 3.12. The molecule has 0 amide bonds. The van der Waals surface area contributed by atoms with Gasteiger partial charge in [0.1, 0.15) is 10.7 Å². The third-order valence-electron chi connectivity index (χ3n) is 7.55. The highest BCUT2D eigenvalue weighted by Gasteiger charge is 2.55. The quantitative estimate of drug-likeness (QED) is 0.690. The van der Waals surface area contributed by atoms with Gasteiger partial charge in [-0.1, -0.05) is 29.8 Å². The zero-order chi connectivity index (χ0) is 21.9. The first kappa shape index (κ1) is 20.6. The van der Waals surface area contributed by atoms with Crippen LogP contribution in [-0.4, -0.2) is 50.3 Å². The summed E-state index contributed by atoms with van der Waals surface area (Å²) < 4.78 is 13.0. The molecule has 8 heteroatoms. The second kappa shape index (κ2) is 7.54. The number of rotatable bonds is 5. The highest BCUT2D eigenvalue weighted by atomic mass is 35.5. The zero-order valence-corrected chi connectivity index (χ0v) is 19.5. The lowest BCUT2D eigenvalue weighted by molar-refractivity contribution is 0.143. The Labute approximate surface area is 195 Å². The van der Waals surface area contributed by atoms with Crippen molar-refractivity contribution in [3.8, 4) is 0 Å². The molecule has 6 nitrogen and oxygen atoms in total. The topological polar surface area (TPSA) is 78.4 Å². The standard InChI is InChI=1S/C24H27ClN4O2S/c25-18-4-2-16(3-5-18)17-6-12-29(13-7-17)22-26-20-19(32(31)15-23(20)10-11-23)21(27-22)28-24(14-30)8-1-9-24/h2-6,30H,1,7-15H2,(H,26,27,28). The van der Waals surface area contributed by atoms with E-state index in [1.807, 2.05) is 12.1 Å². The maximum atomic E-state index is 13.0. The summed E-state index contributed by atoms with van der Waals surface area (Å²) in [6.45, 7) is 1.63. The van der Waals surface area contributed by atoms with Crippen LogP contribution in [0.15, 0.2) is 35.2 Å². The van der Waals surface area contributed by atoms with Crippen molar-refractivity contribution in [2.75, 3.05) is 35.7 Å². The molecule has 1 atom stereocenters. The number of hydrogen-bond acceptors (Lipinski definition) is 6. The summed E-state index contributed by atoms with van der Waals surface area (Å²) in [5, 5.41) is 14.2. The van der Waals surface area contributed by atoms with Gasteiger partial charge in [0, 0.05) is 29.3 Å². The van der Waals surface area contributed by atoms with Crippen molar-refractivity contribution in [3.05, 3.63) is 46.6 Å². The predicted octanol–water partition coefficient (Wildman–Crippen LogP) is 3.90. The minimum atomic E-state index is -1.09. The lowest BCUT2D eigenvalue weighted by Gasteiger charge is -2.41. The molecule has 6 rings (SSSR count). The summed E-state index contributed by atoms with van der Waals surface area (Å²) in [4.78, 5) is 12.9. The molecule has 2 saturated carbocycles. The number of anilines is 2. The van der Waals surface area contributed by atoms with E-state index in [2.05, 4.69) is 28.4 Å². The Hall–Kier alpha value is -1.96. The maximum absolute atomic E-state index is 13.0. The minimum absolute atomic E-state index is 0.0274. The van der Waals surface area contributed by atoms with Gasteiger partial charge in [0.15, 0.2) is 0 Å². The number of hydrogen-bond donors (Lipinski definition) is 2. The van der Waals surface area contributed by atoms with Gasteiger partial charge in [0.25, 0.3) is 0 Å². The van der Waals surface area contributed by atoms with Crippen LogP contribution in [0.2, 0.25) is 5.02 Å². The third kappa shape index (κ3) is 3.37. The van der Waals surface area contributed by atoms with Crippen LogP contribution in [0, 0.1) is 0 Å². The Balaban J connectivity index is 1.33. The molecule has 0 bridgehead atoms. The van der Waals surface area contributed by atoms with Crippen LogP contribution >= 0.6 is 11.6 Å². The van der Waals surface area contributed by atoms with Gasteiger partial charge in [-0.05, 0) is 61.8 Å². The van der Waals surface area contributed by atoms with E-state index in [-0.39, 0.29) is 17.6 Å². The molecule has 4 aliphatic rings. The number of aliphatic hydroxyl groups is 1. The van der Waals surface area contributed by atoms with Crippen LogP contribution in [0.25, 0.3) is 5.57 Å². The van der Waals surface area contributed by atoms with Crippen molar-refractivity contribution in [1.82, 2.24) is 9.97 Å². The Morgan fingerprint density at radius 2 is 1.94 bits per heavy atom. The number of fused-ring (bicyclic) bond motifs is 2. The Morgan fingerprint density at radius 1 is 1.16 bits per heavy atom. The van der Waals surface area contributed by atoms with Crippen molar-refractivity contribution in [1.29, 1.82) is 0 Å². The molecule has 2 aromatic rings.